The normalized spacial score (nSPS) is 13.0. The molecule has 0 atom stereocenters. The van der Waals surface area contributed by atoms with Crippen molar-refractivity contribution in [2.75, 3.05) is 11.4 Å². The number of hydrogen-bond donors (Lipinski definition) is 1. The Morgan fingerprint density at radius 1 is 1.30 bits per heavy atom. The van der Waals surface area contributed by atoms with E-state index in [1.807, 2.05) is 0 Å². The van der Waals surface area contributed by atoms with E-state index in [9.17, 15) is 24.5 Å². The van der Waals surface area contributed by atoms with Crippen LogP contribution in [0.1, 0.15) is 5.56 Å². The summed E-state index contributed by atoms with van der Waals surface area (Å²) in [5.41, 5.74) is 0.0225. The molecule has 1 aliphatic rings. The van der Waals surface area contributed by atoms with Gasteiger partial charge in [-0.25, -0.2) is 4.79 Å². The van der Waals surface area contributed by atoms with Crippen molar-refractivity contribution < 1.29 is 9.72 Å². The van der Waals surface area contributed by atoms with Crippen molar-refractivity contribution >= 4 is 17.3 Å². The van der Waals surface area contributed by atoms with Crippen LogP contribution >= 0.6 is 0 Å². The van der Waals surface area contributed by atoms with Gasteiger partial charge in [-0.3, -0.25) is 29.3 Å². The summed E-state index contributed by atoms with van der Waals surface area (Å²) in [7, 11) is 0. The van der Waals surface area contributed by atoms with Crippen LogP contribution in [0.3, 0.4) is 0 Å². The van der Waals surface area contributed by atoms with Crippen LogP contribution in [0.4, 0.5) is 11.4 Å². The summed E-state index contributed by atoms with van der Waals surface area (Å²) in [6.45, 7) is 0.144. The number of amides is 1. The molecule has 23 heavy (non-hydrogen) atoms. The fourth-order valence-corrected chi connectivity index (χ4v) is 2.54. The number of nitrogens with zero attached hydrogens (tertiary/aromatic N) is 3. The van der Waals surface area contributed by atoms with Crippen molar-refractivity contribution in [1.82, 2.24) is 9.55 Å². The minimum atomic E-state index is -0.677. The third-order valence-electron chi connectivity index (χ3n) is 3.68. The number of carbonyl (C=O) groups is 1. The zero-order valence-corrected chi connectivity index (χ0v) is 11.9. The number of nitrogens with one attached hydrogen (secondary N) is 1. The molecule has 0 saturated heterocycles. The maximum Gasteiger partial charge on any atom is 0.328 e. The number of H-pyrrole nitrogens is 1. The van der Waals surface area contributed by atoms with E-state index < -0.39 is 16.2 Å². The van der Waals surface area contributed by atoms with Crippen LogP contribution < -0.4 is 16.1 Å². The molecule has 0 unspecified atom stereocenters. The molecule has 1 aromatic carbocycles. The summed E-state index contributed by atoms with van der Waals surface area (Å²) >= 11 is 0. The topological polar surface area (TPSA) is 118 Å². The molecule has 0 fully saturated rings. The average Bonchev–Trinajstić information content (AvgIpc) is 2.93. The van der Waals surface area contributed by atoms with Gasteiger partial charge in [0.25, 0.3) is 11.2 Å². The SMILES string of the molecule is O=C(Cn1ccc(=O)[nH]c1=O)N1CCc2ccc([N+](=O)[O-])cc21. The van der Waals surface area contributed by atoms with Gasteiger partial charge in [-0.05, 0) is 12.0 Å². The number of fused-ring (bicyclic) bond motifs is 1. The van der Waals surface area contributed by atoms with E-state index in [-0.39, 0.29) is 18.1 Å². The van der Waals surface area contributed by atoms with Gasteiger partial charge in [0.15, 0.2) is 0 Å². The van der Waals surface area contributed by atoms with Crippen LogP contribution in [0.2, 0.25) is 0 Å². The molecule has 0 bridgehead atoms. The number of hydrogen-bond acceptors (Lipinski definition) is 5. The van der Waals surface area contributed by atoms with Gasteiger partial charge < -0.3 is 4.90 Å². The lowest BCUT2D eigenvalue weighted by atomic mass is 10.1. The van der Waals surface area contributed by atoms with Crippen molar-refractivity contribution in [3.05, 3.63) is 67.0 Å². The highest BCUT2D eigenvalue weighted by Gasteiger charge is 2.26. The van der Waals surface area contributed by atoms with Crippen LogP contribution in [-0.4, -0.2) is 26.9 Å². The lowest BCUT2D eigenvalue weighted by Crippen LogP contribution is -2.37. The third-order valence-corrected chi connectivity index (χ3v) is 3.68. The number of benzene rings is 1. The van der Waals surface area contributed by atoms with Crippen molar-refractivity contribution in [3.8, 4) is 0 Å². The minimum Gasteiger partial charge on any atom is -0.310 e. The van der Waals surface area contributed by atoms with Crippen LogP contribution in [0.5, 0.6) is 0 Å². The van der Waals surface area contributed by atoms with Crippen LogP contribution in [0, 0.1) is 10.1 Å². The number of carbonyl (C=O) groups excluding carboxylic acids is 1. The first-order chi connectivity index (χ1) is 11.0. The average molecular weight is 316 g/mol. The lowest BCUT2D eigenvalue weighted by molar-refractivity contribution is -0.384. The second-order valence-corrected chi connectivity index (χ2v) is 5.10. The van der Waals surface area contributed by atoms with Gasteiger partial charge in [0.1, 0.15) is 6.54 Å². The predicted octanol–water partition coefficient (Wildman–Crippen LogP) is 0.0341. The number of non-ortho nitro benzene ring substituents is 1. The molecule has 0 spiro atoms. The Kier molecular flexibility index (Phi) is 3.53. The van der Waals surface area contributed by atoms with E-state index in [1.165, 1.54) is 23.2 Å². The molecule has 118 valence electrons. The number of aromatic amines is 1. The maximum absolute atomic E-state index is 12.4. The number of nitro benzene ring substituents is 1. The number of anilines is 1. The van der Waals surface area contributed by atoms with Crippen molar-refractivity contribution in [2.24, 2.45) is 0 Å². The molecule has 1 aliphatic heterocycles. The molecule has 9 heteroatoms. The largest absolute Gasteiger partial charge is 0.328 e. The molecule has 2 aromatic rings. The second kappa shape index (κ2) is 5.52. The monoisotopic (exact) mass is 316 g/mol. The summed E-state index contributed by atoms with van der Waals surface area (Å²) < 4.78 is 1.08. The van der Waals surface area contributed by atoms with Gasteiger partial charge in [-0.2, -0.15) is 0 Å². The summed E-state index contributed by atoms with van der Waals surface area (Å²) in [6, 6.07) is 5.54. The highest BCUT2D eigenvalue weighted by atomic mass is 16.6. The van der Waals surface area contributed by atoms with E-state index in [4.69, 9.17) is 0 Å². The molecule has 0 aliphatic carbocycles. The van der Waals surface area contributed by atoms with Crippen LogP contribution in [0.25, 0.3) is 0 Å². The number of aromatic nitrogens is 2. The molecular weight excluding hydrogens is 304 g/mol. The van der Waals surface area contributed by atoms with Crippen molar-refractivity contribution in [2.45, 2.75) is 13.0 Å². The summed E-state index contributed by atoms with van der Waals surface area (Å²) in [6.07, 6.45) is 1.84. The van der Waals surface area contributed by atoms with E-state index >= 15 is 0 Å². The van der Waals surface area contributed by atoms with Gasteiger partial charge >= 0.3 is 5.69 Å². The Morgan fingerprint density at radius 2 is 2.09 bits per heavy atom. The van der Waals surface area contributed by atoms with Gasteiger partial charge in [-0.1, -0.05) is 6.07 Å². The lowest BCUT2D eigenvalue weighted by Gasteiger charge is -2.17. The zero-order chi connectivity index (χ0) is 16.6. The Balaban J connectivity index is 1.88. The van der Waals surface area contributed by atoms with Gasteiger partial charge in [-0.15, -0.1) is 0 Å². The highest BCUT2D eigenvalue weighted by molar-refractivity contribution is 5.95. The zero-order valence-electron chi connectivity index (χ0n) is 11.9. The van der Waals surface area contributed by atoms with Gasteiger partial charge in [0.2, 0.25) is 5.91 Å². The van der Waals surface area contributed by atoms with Crippen molar-refractivity contribution in [3.63, 3.8) is 0 Å². The summed E-state index contributed by atoms with van der Waals surface area (Å²) in [5, 5.41) is 10.9. The van der Waals surface area contributed by atoms with E-state index in [2.05, 4.69) is 4.98 Å². The molecule has 0 saturated carbocycles. The third kappa shape index (κ3) is 2.76. The Labute approximate surface area is 128 Å². The molecule has 3 rings (SSSR count). The second-order valence-electron chi connectivity index (χ2n) is 5.10. The van der Waals surface area contributed by atoms with E-state index in [1.54, 1.807) is 6.07 Å². The Hall–Kier alpha value is -3.23. The standard InChI is InChI=1S/C14H12N4O5/c19-12-4-5-16(14(21)15-12)8-13(20)17-6-3-9-1-2-10(18(22)23)7-11(9)17/h1-2,4-5,7H,3,6,8H2,(H,15,19,21). The maximum atomic E-state index is 12.4. The molecular formula is C14H12N4O5. The quantitative estimate of drug-likeness (QED) is 0.633. The van der Waals surface area contributed by atoms with Gasteiger partial charge in [0.05, 0.1) is 10.6 Å². The number of rotatable bonds is 3. The first kappa shape index (κ1) is 14.7. The Morgan fingerprint density at radius 3 is 2.78 bits per heavy atom. The predicted molar refractivity (Wildman–Crippen MR) is 80.5 cm³/mol. The molecule has 1 aromatic heterocycles. The van der Waals surface area contributed by atoms with Gasteiger partial charge in [0, 0.05) is 30.9 Å². The van der Waals surface area contributed by atoms with Crippen molar-refractivity contribution in [1.29, 1.82) is 0 Å². The van der Waals surface area contributed by atoms with Crippen LogP contribution in [-0.2, 0) is 17.8 Å². The summed E-state index contributed by atoms with van der Waals surface area (Å²) in [5.74, 6) is -0.376. The molecule has 1 amide bonds. The number of nitro groups is 1. The first-order valence-corrected chi connectivity index (χ1v) is 6.83. The molecule has 2 heterocycles. The van der Waals surface area contributed by atoms with E-state index in [0.29, 0.717) is 18.7 Å². The summed E-state index contributed by atoms with van der Waals surface area (Å²) in [4.78, 5) is 48.9. The first-order valence-electron chi connectivity index (χ1n) is 6.83. The fourth-order valence-electron chi connectivity index (χ4n) is 2.54. The fraction of sp³-hybridized carbons (Fsp3) is 0.214. The van der Waals surface area contributed by atoms with E-state index in [0.717, 1.165) is 16.2 Å². The Bertz CT molecular complexity index is 914. The smallest absolute Gasteiger partial charge is 0.310 e. The minimum absolute atomic E-state index is 0.0929. The van der Waals surface area contributed by atoms with Crippen LogP contribution in [0.15, 0.2) is 40.1 Å². The molecule has 1 N–H and O–H groups in total. The molecule has 0 radical (unpaired) electrons. The molecule has 9 nitrogen and oxygen atoms in total. The highest BCUT2D eigenvalue weighted by Crippen LogP contribution is 2.31.